The van der Waals surface area contributed by atoms with Crippen molar-refractivity contribution in [1.29, 1.82) is 0 Å². The first-order valence-electron chi connectivity index (χ1n) is 4.28. The maximum absolute atomic E-state index is 5.43. The zero-order chi connectivity index (χ0) is 10.4. The molecule has 4 heteroatoms. The third-order valence-corrected chi connectivity index (χ3v) is 2.34. The number of hydrogen-bond donors (Lipinski definition) is 2. The van der Waals surface area contributed by atoms with Crippen molar-refractivity contribution in [1.82, 2.24) is 10.4 Å². The van der Waals surface area contributed by atoms with Gasteiger partial charge in [-0.3, -0.25) is 16.3 Å². The Morgan fingerprint density at radius 2 is 2.43 bits per heavy atom. The molecule has 1 atom stereocenters. The lowest BCUT2D eigenvalue weighted by Gasteiger charge is -2.14. The average molecular weight is 254 g/mol. The van der Waals surface area contributed by atoms with Gasteiger partial charge in [-0.05, 0) is 34.0 Å². The van der Waals surface area contributed by atoms with Gasteiger partial charge >= 0.3 is 0 Å². The highest BCUT2D eigenvalue weighted by atomic mass is 79.9. The Morgan fingerprint density at radius 3 is 3.00 bits per heavy atom. The minimum Gasteiger partial charge on any atom is -0.271 e. The van der Waals surface area contributed by atoms with Gasteiger partial charge in [0.15, 0.2) is 0 Å². The van der Waals surface area contributed by atoms with Gasteiger partial charge in [-0.15, -0.1) is 12.3 Å². The van der Waals surface area contributed by atoms with Crippen molar-refractivity contribution in [3.63, 3.8) is 0 Å². The van der Waals surface area contributed by atoms with E-state index >= 15 is 0 Å². The predicted molar refractivity (Wildman–Crippen MR) is 60.1 cm³/mol. The number of hydrazine groups is 1. The lowest BCUT2D eigenvalue weighted by molar-refractivity contribution is 0.522. The van der Waals surface area contributed by atoms with Gasteiger partial charge < -0.3 is 0 Å². The Bertz CT molecular complexity index is 332. The fourth-order valence-electron chi connectivity index (χ4n) is 1.19. The van der Waals surface area contributed by atoms with E-state index in [1.54, 1.807) is 12.4 Å². The molecule has 1 aromatic heterocycles. The molecule has 0 saturated heterocycles. The summed E-state index contributed by atoms with van der Waals surface area (Å²) in [6.07, 6.45) is 10.2. The van der Waals surface area contributed by atoms with Crippen molar-refractivity contribution >= 4 is 15.9 Å². The first-order chi connectivity index (χ1) is 6.77. The van der Waals surface area contributed by atoms with Crippen LogP contribution in [0.4, 0.5) is 0 Å². The van der Waals surface area contributed by atoms with E-state index in [9.17, 15) is 0 Å². The molecule has 0 aliphatic heterocycles. The summed E-state index contributed by atoms with van der Waals surface area (Å²) in [5.41, 5.74) is 3.76. The molecule has 74 valence electrons. The van der Waals surface area contributed by atoms with Gasteiger partial charge in [0.05, 0.1) is 0 Å². The van der Waals surface area contributed by atoms with Crippen LogP contribution in [-0.2, 0) is 0 Å². The molecule has 0 saturated carbocycles. The summed E-state index contributed by atoms with van der Waals surface area (Å²) in [6.45, 7) is 0. The second-order valence-electron chi connectivity index (χ2n) is 2.90. The third-order valence-electron chi connectivity index (χ3n) is 1.91. The molecule has 14 heavy (non-hydrogen) atoms. The number of terminal acetylenes is 1. The molecule has 0 spiro atoms. The van der Waals surface area contributed by atoms with E-state index in [4.69, 9.17) is 12.3 Å². The second-order valence-corrected chi connectivity index (χ2v) is 3.81. The van der Waals surface area contributed by atoms with Gasteiger partial charge in [0.1, 0.15) is 0 Å². The van der Waals surface area contributed by atoms with Gasteiger partial charge in [-0.2, -0.15) is 0 Å². The van der Waals surface area contributed by atoms with Crippen molar-refractivity contribution in [3.05, 3.63) is 28.5 Å². The Balaban J connectivity index is 2.74. The van der Waals surface area contributed by atoms with Crippen LogP contribution >= 0.6 is 15.9 Å². The van der Waals surface area contributed by atoms with Crippen molar-refractivity contribution in [2.75, 3.05) is 0 Å². The summed E-state index contributed by atoms with van der Waals surface area (Å²) < 4.78 is 0.941. The second kappa shape index (κ2) is 5.76. The SMILES string of the molecule is C#CCCC(NN)c1cncc(Br)c1. The van der Waals surface area contributed by atoms with Crippen molar-refractivity contribution < 1.29 is 0 Å². The minimum absolute atomic E-state index is 0.0658. The molecule has 1 rings (SSSR count). The molecule has 1 aromatic rings. The van der Waals surface area contributed by atoms with Crippen molar-refractivity contribution in [3.8, 4) is 12.3 Å². The molecule has 3 nitrogen and oxygen atoms in total. The molecule has 0 fully saturated rings. The lowest BCUT2D eigenvalue weighted by Crippen LogP contribution is -2.28. The molecule has 0 aromatic carbocycles. The highest BCUT2D eigenvalue weighted by Crippen LogP contribution is 2.19. The summed E-state index contributed by atoms with van der Waals surface area (Å²) >= 11 is 3.36. The maximum atomic E-state index is 5.43. The zero-order valence-electron chi connectivity index (χ0n) is 7.70. The Labute approximate surface area is 92.2 Å². The highest BCUT2D eigenvalue weighted by Gasteiger charge is 2.08. The fraction of sp³-hybridized carbons (Fsp3) is 0.300. The minimum atomic E-state index is 0.0658. The molecular formula is C10H12BrN3. The van der Waals surface area contributed by atoms with E-state index < -0.39 is 0 Å². The van der Waals surface area contributed by atoms with Crippen LogP contribution in [0.25, 0.3) is 0 Å². The Morgan fingerprint density at radius 1 is 1.64 bits per heavy atom. The number of nitrogens with two attached hydrogens (primary N) is 1. The Kier molecular flexibility index (Phi) is 4.60. The fourth-order valence-corrected chi connectivity index (χ4v) is 1.58. The lowest BCUT2D eigenvalue weighted by atomic mass is 10.1. The summed E-state index contributed by atoms with van der Waals surface area (Å²) in [5, 5.41) is 0. The summed E-state index contributed by atoms with van der Waals surface area (Å²) in [4.78, 5) is 4.07. The predicted octanol–water partition coefficient (Wildman–Crippen LogP) is 1.76. The van der Waals surface area contributed by atoms with Crippen LogP contribution < -0.4 is 11.3 Å². The van der Waals surface area contributed by atoms with E-state index in [0.717, 1.165) is 16.5 Å². The topological polar surface area (TPSA) is 50.9 Å². The summed E-state index contributed by atoms with van der Waals surface area (Å²) in [6, 6.07) is 2.05. The van der Waals surface area contributed by atoms with Crippen LogP contribution in [0.5, 0.6) is 0 Å². The average Bonchev–Trinajstić information content (AvgIpc) is 2.19. The van der Waals surface area contributed by atoms with E-state index in [1.807, 2.05) is 6.07 Å². The molecule has 3 N–H and O–H groups in total. The standard InChI is InChI=1S/C10H12BrN3/c1-2-3-4-10(14-12)8-5-9(11)7-13-6-8/h1,5-7,10,14H,3-4,12H2. The number of aromatic nitrogens is 1. The molecule has 0 radical (unpaired) electrons. The molecule has 0 bridgehead atoms. The van der Waals surface area contributed by atoms with Gasteiger partial charge in [0.2, 0.25) is 0 Å². The third kappa shape index (κ3) is 3.11. The summed E-state index contributed by atoms with van der Waals surface area (Å²) in [7, 11) is 0. The van der Waals surface area contributed by atoms with E-state index in [-0.39, 0.29) is 6.04 Å². The Hall–Kier alpha value is -0.890. The highest BCUT2D eigenvalue weighted by molar-refractivity contribution is 9.10. The largest absolute Gasteiger partial charge is 0.271 e. The molecule has 0 amide bonds. The smallest absolute Gasteiger partial charge is 0.0484 e. The van der Waals surface area contributed by atoms with Gasteiger partial charge in [-0.1, -0.05) is 0 Å². The number of nitrogens with zero attached hydrogens (tertiary/aromatic N) is 1. The molecular weight excluding hydrogens is 242 g/mol. The van der Waals surface area contributed by atoms with Crippen LogP contribution in [0.3, 0.4) is 0 Å². The first kappa shape index (κ1) is 11.2. The number of pyridine rings is 1. The maximum Gasteiger partial charge on any atom is 0.0484 e. The zero-order valence-corrected chi connectivity index (χ0v) is 9.29. The quantitative estimate of drug-likeness (QED) is 0.489. The number of halogens is 1. The monoisotopic (exact) mass is 253 g/mol. The van der Waals surface area contributed by atoms with Crippen molar-refractivity contribution in [2.45, 2.75) is 18.9 Å². The van der Waals surface area contributed by atoms with Gasteiger partial charge in [0, 0.05) is 29.3 Å². The van der Waals surface area contributed by atoms with Crippen LogP contribution in [0.2, 0.25) is 0 Å². The molecule has 1 unspecified atom stereocenters. The van der Waals surface area contributed by atoms with Gasteiger partial charge in [0.25, 0.3) is 0 Å². The van der Waals surface area contributed by atoms with E-state index in [2.05, 4.69) is 32.3 Å². The number of hydrogen-bond acceptors (Lipinski definition) is 3. The molecule has 1 heterocycles. The van der Waals surface area contributed by atoms with Crippen LogP contribution in [0.15, 0.2) is 22.9 Å². The van der Waals surface area contributed by atoms with E-state index in [1.165, 1.54) is 0 Å². The first-order valence-corrected chi connectivity index (χ1v) is 5.07. The number of rotatable bonds is 4. The van der Waals surface area contributed by atoms with Crippen LogP contribution in [0, 0.1) is 12.3 Å². The number of nitrogens with one attached hydrogen (secondary N) is 1. The summed E-state index contributed by atoms with van der Waals surface area (Å²) in [5.74, 6) is 8.02. The van der Waals surface area contributed by atoms with E-state index in [0.29, 0.717) is 6.42 Å². The van der Waals surface area contributed by atoms with Gasteiger partial charge in [-0.25, -0.2) is 0 Å². The normalized spacial score (nSPS) is 12.1. The molecule has 0 aliphatic carbocycles. The van der Waals surface area contributed by atoms with Crippen LogP contribution in [0.1, 0.15) is 24.4 Å². The van der Waals surface area contributed by atoms with Crippen molar-refractivity contribution in [2.24, 2.45) is 5.84 Å². The van der Waals surface area contributed by atoms with Crippen LogP contribution in [-0.4, -0.2) is 4.98 Å². The molecule has 0 aliphatic rings.